The molecule has 1 amide bonds. The molecule has 0 saturated heterocycles. The van der Waals surface area contributed by atoms with Crippen LogP contribution in [0.3, 0.4) is 0 Å². The van der Waals surface area contributed by atoms with E-state index in [0.717, 1.165) is 0 Å². The first-order chi connectivity index (χ1) is 15.8. The van der Waals surface area contributed by atoms with Gasteiger partial charge in [-0.15, -0.1) is 10.2 Å². The van der Waals surface area contributed by atoms with Crippen LogP contribution in [0.15, 0.2) is 64.1 Å². The zero-order chi connectivity index (χ0) is 24.4. The largest absolute Gasteiger partial charge is 0.510 e. The highest BCUT2D eigenvalue weighted by Crippen LogP contribution is 2.27. The first-order valence-electron chi connectivity index (χ1n) is 10.0. The summed E-state index contributed by atoms with van der Waals surface area (Å²) in [5, 5.41) is 29.3. The highest BCUT2D eigenvalue weighted by molar-refractivity contribution is 6.05. The van der Waals surface area contributed by atoms with E-state index in [0.29, 0.717) is 11.4 Å². The molecule has 0 aliphatic carbocycles. The number of aliphatic hydroxyl groups is 2. The standard InChI is InChI=1S/C23H25N3O7/c1-4-19(29)16-10-9-15(23(31)32-3)13-18(16)25-26-21(14(2)28)22(30)24-17-7-5-6-8-20(17)33-12-11-27/h5-10,13,27-28H,4,11-12H2,1-3H3,(H,24,30)/b21-14+,26-25?. The molecule has 2 aromatic carbocycles. The lowest BCUT2D eigenvalue weighted by molar-refractivity contribution is -0.113. The molecule has 0 saturated carbocycles. The number of nitrogens with zero attached hydrogens (tertiary/aromatic N) is 2. The summed E-state index contributed by atoms with van der Waals surface area (Å²) in [6, 6.07) is 10.7. The van der Waals surface area contributed by atoms with Crippen LogP contribution in [-0.2, 0) is 9.53 Å². The van der Waals surface area contributed by atoms with Gasteiger partial charge in [0.15, 0.2) is 11.5 Å². The number of esters is 1. The number of anilines is 1. The molecular formula is C23H25N3O7. The zero-order valence-electron chi connectivity index (χ0n) is 18.5. The molecular weight excluding hydrogens is 430 g/mol. The summed E-state index contributed by atoms with van der Waals surface area (Å²) < 4.78 is 10.1. The van der Waals surface area contributed by atoms with Crippen LogP contribution in [0.4, 0.5) is 11.4 Å². The third-order valence-electron chi connectivity index (χ3n) is 4.34. The molecule has 10 heteroatoms. The lowest BCUT2D eigenvalue weighted by Gasteiger charge is -2.12. The molecule has 10 nitrogen and oxygen atoms in total. The molecule has 33 heavy (non-hydrogen) atoms. The third-order valence-corrected chi connectivity index (χ3v) is 4.34. The van der Waals surface area contributed by atoms with Crippen molar-refractivity contribution in [2.24, 2.45) is 10.2 Å². The Bertz CT molecular complexity index is 1090. The van der Waals surface area contributed by atoms with Gasteiger partial charge >= 0.3 is 5.97 Å². The molecule has 3 N–H and O–H groups in total. The number of azo groups is 1. The number of ketones is 1. The van der Waals surface area contributed by atoms with Gasteiger partial charge in [0, 0.05) is 12.0 Å². The number of Topliss-reactive ketones (excluding diaryl/α,β-unsaturated/α-hetero) is 1. The zero-order valence-corrected chi connectivity index (χ0v) is 18.5. The monoisotopic (exact) mass is 455 g/mol. The molecule has 0 heterocycles. The second kappa shape index (κ2) is 12.1. The molecule has 0 aliphatic rings. The van der Waals surface area contributed by atoms with E-state index >= 15 is 0 Å². The van der Waals surface area contributed by atoms with Crippen molar-refractivity contribution in [2.45, 2.75) is 20.3 Å². The molecule has 0 fully saturated rings. The quantitative estimate of drug-likeness (QED) is 0.162. The fraction of sp³-hybridized carbons (Fsp3) is 0.261. The molecule has 0 atom stereocenters. The average molecular weight is 455 g/mol. The van der Waals surface area contributed by atoms with Gasteiger partial charge in [-0.2, -0.15) is 0 Å². The lowest BCUT2D eigenvalue weighted by Crippen LogP contribution is -2.16. The van der Waals surface area contributed by atoms with E-state index in [-0.39, 0.29) is 42.2 Å². The lowest BCUT2D eigenvalue weighted by atomic mass is 10.0. The number of ether oxygens (including phenoxy) is 2. The van der Waals surface area contributed by atoms with Gasteiger partial charge in [-0.1, -0.05) is 19.1 Å². The second-order valence-electron chi connectivity index (χ2n) is 6.66. The Hall–Kier alpha value is -4.05. The molecule has 0 spiro atoms. The Kier molecular flexibility index (Phi) is 9.25. The Morgan fingerprint density at radius 1 is 1.12 bits per heavy atom. The highest BCUT2D eigenvalue weighted by atomic mass is 16.5. The van der Waals surface area contributed by atoms with E-state index < -0.39 is 23.3 Å². The summed E-state index contributed by atoms with van der Waals surface area (Å²) in [6.45, 7) is 2.75. The minimum absolute atomic E-state index is 0.0269. The maximum Gasteiger partial charge on any atom is 0.337 e. The molecule has 0 radical (unpaired) electrons. The predicted octanol–water partition coefficient (Wildman–Crippen LogP) is 3.95. The number of rotatable bonds is 10. The number of nitrogens with one attached hydrogen (secondary N) is 1. The number of carbonyl (C=O) groups is 3. The van der Waals surface area contributed by atoms with Gasteiger partial charge in [0.05, 0.1) is 30.7 Å². The van der Waals surface area contributed by atoms with Crippen LogP contribution in [0.2, 0.25) is 0 Å². The molecule has 0 bridgehead atoms. The van der Waals surface area contributed by atoms with Gasteiger partial charge in [0.25, 0.3) is 5.91 Å². The molecule has 174 valence electrons. The first kappa shape index (κ1) is 25.2. The fourth-order valence-electron chi connectivity index (χ4n) is 2.70. The normalized spacial score (nSPS) is 11.6. The number of para-hydroxylation sites is 2. The number of hydrogen-bond donors (Lipinski definition) is 3. The predicted molar refractivity (Wildman–Crippen MR) is 120 cm³/mol. The molecule has 2 aromatic rings. The van der Waals surface area contributed by atoms with Crippen molar-refractivity contribution in [1.82, 2.24) is 0 Å². The Balaban J connectivity index is 2.38. The van der Waals surface area contributed by atoms with Gasteiger partial charge in [0.2, 0.25) is 0 Å². The van der Waals surface area contributed by atoms with Gasteiger partial charge in [-0.25, -0.2) is 4.79 Å². The highest BCUT2D eigenvalue weighted by Gasteiger charge is 2.18. The molecule has 0 unspecified atom stereocenters. The van der Waals surface area contributed by atoms with Crippen LogP contribution in [0.25, 0.3) is 0 Å². The number of carbonyl (C=O) groups excluding carboxylic acids is 3. The van der Waals surface area contributed by atoms with Crippen LogP contribution in [0.5, 0.6) is 5.75 Å². The Labute approximate surface area is 190 Å². The smallest absolute Gasteiger partial charge is 0.337 e. The summed E-state index contributed by atoms with van der Waals surface area (Å²) >= 11 is 0. The van der Waals surface area contributed by atoms with Crippen molar-refractivity contribution in [3.63, 3.8) is 0 Å². The molecule has 2 rings (SSSR count). The van der Waals surface area contributed by atoms with Crippen molar-refractivity contribution >= 4 is 29.0 Å². The van der Waals surface area contributed by atoms with E-state index in [1.54, 1.807) is 31.2 Å². The number of aliphatic hydroxyl groups excluding tert-OH is 2. The average Bonchev–Trinajstić information content (AvgIpc) is 2.82. The summed E-state index contributed by atoms with van der Waals surface area (Å²) in [6.07, 6.45) is 0.187. The summed E-state index contributed by atoms with van der Waals surface area (Å²) in [7, 11) is 1.22. The van der Waals surface area contributed by atoms with Crippen LogP contribution in [0.1, 0.15) is 41.0 Å². The van der Waals surface area contributed by atoms with Crippen molar-refractivity contribution in [3.8, 4) is 5.75 Å². The number of amides is 1. The number of hydrogen-bond acceptors (Lipinski definition) is 9. The Morgan fingerprint density at radius 2 is 1.85 bits per heavy atom. The van der Waals surface area contributed by atoms with Gasteiger partial charge in [-0.3, -0.25) is 9.59 Å². The minimum atomic E-state index is -0.786. The SMILES string of the molecule is CCC(=O)c1ccc(C(=O)OC)cc1N=N/C(C(=O)Nc1ccccc1OCCO)=C(\C)O. The van der Waals surface area contributed by atoms with Crippen LogP contribution < -0.4 is 10.1 Å². The minimum Gasteiger partial charge on any atom is -0.510 e. The van der Waals surface area contributed by atoms with E-state index in [4.69, 9.17) is 9.84 Å². The summed E-state index contributed by atoms with van der Waals surface area (Å²) in [4.78, 5) is 36.9. The van der Waals surface area contributed by atoms with Crippen molar-refractivity contribution in [2.75, 3.05) is 25.6 Å². The number of methoxy groups -OCH3 is 1. The fourth-order valence-corrected chi connectivity index (χ4v) is 2.70. The third kappa shape index (κ3) is 6.71. The first-order valence-corrected chi connectivity index (χ1v) is 10.0. The van der Waals surface area contributed by atoms with Crippen molar-refractivity contribution in [1.29, 1.82) is 0 Å². The van der Waals surface area contributed by atoms with E-state index in [1.807, 2.05) is 0 Å². The van der Waals surface area contributed by atoms with Crippen molar-refractivity contribution in [3.05, 3.63) is 65.0 Å². The maximum atomic E-state index is 12.8. The van der Waals surface area contributed by atoms with E-state index in [9.17, 15) is 19.5 Å². The van der Waals surface area contributed by atoms with Crippen LogP contribution >= 0.6 is 0 Å². The number of benzene rings is 2. The number of allylic oxidation sites excluding steroid dienone is 1. The van der Waals surface area contributed by atoms with Crippen molar-refractivity contribution < 1.29 is 34.1 Å². The summed E-state index contributed by atoms with van der Waals surface area (Å²) in [5.74, 6) is -1.77. The van der Waals surface area contributed by atoms with Crippen LogP contribution in [-0.4, -0.2) is 48.2 Å². The van der Waals surface area contributed by atoms with Crippen LogP contribution in [0, 0.1) is 0 Å². The maximum absolute atomic E-state index is 12.8. The van der Waals surface area contributed by atoms with E-state index in [1.165, 1.54) is 32.2 Å². The molecule has 0 aromatic heterocycles. The summed E-state index contributed by atoms with van der Waals surface area (Å²) in [5.41, 5.74) is 0.268. The van der Waals surface area contributed by atoms with E-state index in [2.05, 4.69) is 20.3 Å². The van der Waals surface area contributed by atoms with Gasteiger partial charge < -0.3 is 25.0 Å². The van der Waals surface area contributed by atoms with Gasteiger partial charge in [-0.05, 0) is 37.3 Å². The van der Waals surface area contributed by atoms with Gasteiger partial charge in [0.1, 0.15) is 18.1 Å². The topological polar surface area (TPSA) is 147 Å². The Morgan fingerprint density at radius 3 is 2.48 bits per heavy atom. The second-order valence-corrected chi connectivity index (χ2v) is 6.66. The molecule has 0 aliphatic heterocycles.